The molecule has 5 rings (SSSR count). The van der Waals surface area contributed by atoms with Gasteiger partial charge in [0.15, 0.2) is 5.76 Å². The quantitative estimate of drug-likeness (QED) is 0.255. The van der Waals surface area contributed by atoms with Crippen molar-refractivity contribution in [2.75, 3.05) is 0 Å². The van der Waals surface area contributed by atoms with E-state index in [4.69, 9.17) is 13.6 Å². The number of ether oxygens (including phenoxy) is 1. The third-order valence-electron chi connectivity index (χ3n) is 4.82. The topological polar surface area (TPSA) is 174 Å². The lowest BCUT2D eigenvalue weighted by molar-refractivity contribution is -0.0218. The number of fused-ring (bicyclic) bond motifs is 4. The summed E-state index contributed by atoms with van der Waals surface area (Å²) in [6.45, 7) is 0. The molecule has 6 N–H and O–H groups in total. The molecule has 1 aliphatic rings. The average molecular weight is 412 g/mol. The standard InChI is InChI=1S/C20H12O10/c21-6-1-9(23)15-11(3-6)29-19(26)13(17(15)25)8-5-28-18-14(8)20(27)30-12-4-7(22)2-10(24)16(12)18/h1-5,20-25,27H. The zero-order valence-corrected chi connectivity index (χ0v) is 14.8. The first-order chi connectivity index (χ1) is 14.3. The van der Waals surface area contributed by atoms with Gasteiger partial charge in [-0.15, -0.1) is 0 Å². The van der Waals surface area contributed by atoms with Crippen LogP contribution in [0.25, 0.3) is 33.4 Å². The molecule has 0 bridgehead atoms. The fourth-order valence-corrected chi connectivity index (χ4v) is 3.60. The van der Waals surface area contributed by atoms with Crippen molar-refractivity contribution in [3.05, 3.63) is 46.5 Å². The van der Waals surface area contributed by atoms with Crippen LogP contribution in [-0.2, 0) is 0 Å². The van der Waals surface area contributed by atoms with E-state index in [1.54, 1.807) is 0 Å². The molecule has 0 aliphatic carbocycles. The van der Waals surface area contributed by atoms with E-state index in [1.807, 2.05) is 0 Å². The van der Waals surface area contributed by atoms with Crippen molar-refractivity contribution < 1.29 is 44.2 Å². The fourth-order valence-electron chi connectivity index (χ4n) is 3.60. The highest BCUT2D eigenvalue weighted by Gasteiger charge is 2.36. The third kappa shape index (κ3) is 2.31. The molecule has 30 heavy (non-hydrogen) atoms. The van der Waals surface area contributed by atoms with Gasteiger partial charge in [0.2, 0.25) is 6.29 Å². The van der Waals surface area contributed by atoms with Crippen molar-refractivity contribution in [1.82, 2.24) is 0 Å². The van der Waals surface area contributed by atoms with Gasteiger partial charge < -0.3 is 44.2 Å². The molecule has 0 saturated carbocycles. The Morgan fingerprint density at radius 1 is 0.867 bits per heavy atom. The van der Waals surface area contributed by atoms with Gasteiger partial charge in [0.05, 0.1) is 11.8 Å². The maximum Gasteiger partial charge on any atom is 0.348 e. The number of rotatable bonds is 1. The number of aliphatic hydroxyl groups is 1. The maximum atomic E-state index is 12.6. The Kier molecular flexibility index (Phi) is 3.46. The first-order valence-electron chi connectivity index (χ1n) is 8.51. The molecule has 1 aliphatic heterocycles. The second-order valence-corrected chi connectivity index (χ2v) is 6.65. The Balaban J connectivity index is 1.82. The highest BCUT2D eigenvalue weighted by molar-refractivity contribution is 5.96. The van der Waals surface area contributed by atoms with Crippen molar-refractivity contribution in [2.45, 2.75) is 6.29 Å². The summed E-state index contributed by atoms with van der Waals surface area (Å²) in [6, 6.07) is 4.20. The second-order valence-electron chi connectivity index (χ2n) is 6.65. The van der Waals surface area contributed by atoms with Crippen LogP contribution in [0.1, 0.15) is 11.9 Å². The molecule has 0 spiro atoms. The summed E-state index contributed by atoms with van der Waals surface area (Å²) in [4.78, 5) is 12.6. The molecule has 0 radical (unpaired) electrons. The van der Waals surface area contributed by atoms with Crippen LogP contribution >= 0.6 is 0 Å². The van der Waals surface area contributed by atoms with Gasteiger partial charge >= 0.3 is 5.63 Å². The number of benzene rings is 2. The number of phenols is 4. The molecule has 10 nitrogen and oxygen atoms in total. The Hall–Kier alpha value is -4.31. The number of hydrogen-bond acceptors (Lipinski definition) is 10. The smallest absolute Gasteiger partial charge is 0.348 e. The molecular weight excluding hydrogens is 400 g/mol. The first-order valence-corrected chi connectivity index (χ1v) is 8.51. The Morgan fingerprint density at radius 3 is 2.33 bits per heavy atom. The lowest BCUT2D eigenvalue weighted by Crippen LogP contribution is -2.14. The zero-order valence-electron chi connectivity index (χ0n) is 14.8. The number of hydrogen-bond donors (Lipinski definition) is 6. The molecule has 1 atom stereocenters. The van der Waals surface area contributed by atoms with Crippen molar-refractivity contribution in [3.8, 4) is 56.9 Å². The van der Waals surface area contributed by atoms with Crippen molar-refractivity contribution in [2.24, 2.45) is 0 Å². The van der Waals surface area contributed by atoms with E-state index in [9.17, 15) is 35.4 Å². The first kappa shape index (κ1) is 17.8. The molecular formula is C20H12O10. The molecule has 2 aromatic heterocycles. The minimum atomic E-state index is -1.68. The molecule has 0 fully saturated rings. The summed E-state index contributed by atoms with van der Waals surface area (Å²) >= 11 is 0. The number of aliphatic hydroxyl groups excluding tert-OH is 1. The Labute approximate surface area is 165 Å². The molecule has 0 saturated heterocycles. The zero-order chi connectivity index (χ0) is 21.3. The SMILES string of the molecule is O=c1oc2cc(O)cc(O)c2c(O)c1-c1coc2c1C(O)Oc1cc(O)cc(O)c1-2. The molecule has 1 unspecified atom stereocenters. The van der Waals surface area contributed by atoms with E-state index in [2.05, 4.69) is 0 Å². The molecule has 3 heterocycles. The maximum absolute atomic E-state index is 12.6. The number of aromatic hydroxyl groups is 5. The summed E-state index contributed by atoms with van der Waals surface area (Å²) in [5, 5.41) is 60.4. The van der Waals surface area contributed by atoms with Crippen LogP contribution < -0.4 is 10.4 Å². The largest absolute Gasteiger partial charge is 0.508 e. The van der Waals surface area contributed by atoms with E-state index < -0.39 is 34.7 Å². The second kappa shape index (κ2) is 5.84. The third-order valence-corrected chi connectivity index (χ3v) is 4.82. The van der Waals surface area contributed by atoms with Gasteiger partial charge in [-0.05, 0) is 0 Å². The van der Waals surface area contributed by atoms with Crippen LogP contribution in [-0.4, -0.2) is 30.6 Å². The van der Waals surface area contributed by atoms with Crippen LogP contribution in [0.4, 0.5) is 0 Å². The lowest BCUT2D eigenvalue weighted by Gasteiger charge is -2.23. The monoisotopic (exact) mass is 412 g/mol. The predicted molar refractivity (Wildman–Crippen MR) is 99.5 cm³/mol. The fraction of sp³-hybridized carbons (Fsp3) is 0.0500. The van der Waals surface area contributed by atoms with Gasteiger partial charge in [-0.25, -0.2) is 4.79 Å². The Morgan fingerprint density at radius 2 is 1.57 bits per heavy atom. The number of phenolic OH excluding ortho intramolecular Hbond substituents is 4. The summed E-state index contributed by atoms with van der Waals surface area (Å²) in [5.41, 5.74) is -1.89. The van der Waals surface area contributed by atoms with E-state index in [0.29, 0.717) is 0 Å². The summed E-state index contributed by atoms with van der Waals surface area (Å²) in [6.07, 6.45) is -0.626. The average Bonchev–Trinajstić information content (AvgIpc) is 3.05. The highest BCUT2D eigenvalue weighted by atomic mass is 16.6. The van der Waals surface area contributed by atoms with Crippen molar-refractivity contribution in [1.29, 1.82) is 0 Å². The van der Waals surface area contributed by atoms with Crippen LogP contribution in [0.15, 0.2) is 44.2 Å². The van der Waals surface area contributed by atoms with E-state index in [-0.39, 0.29) is 50.7 Å². The molecule has 0 amide bonds. The molecule has 10 heteroatoms. The van der Waals surface area contributed by atoms with Gasteiger partial charge in [0.25, 0.3) is 0 Å². The van der Waals surface area contributed by atoms with Crippen LogP contribution in [0.2, 0.25) is 0 Å². The van der Waals surface area contributed by atoms with Gasteiger partial charge in [-0.2, -0.15) is 0 Å². The molecule has 4 aromatic rings. The van der Waals surface area contributed by atoms with E-state index in [1.165, 1.54) is 0 Å². The predicted octanol–water partition coefficient (Wildman–Crippen LogP) is 2.63. The lowest BCUT2D eigenvalue weighted by atomic mass is 9.96. The summed E-state index contributed by atoms with van der Waals surface area (Å²) in [5.74, 6) is -2.41. The molecule has 2 aromatic carbocycles. The minimum Gasteiger partial charge on any atom is -0.508 e. The van der Waals surface area contributed by atoms with Crippen LogP contribution in [0, 0.1) is 0 Å². The van der Waals surface area contributed by atoms with Crippen molar-refractivity contribution >= 4 is 11.0 Å². The van der Waals surface area contributed by atoms with Crippen molar-refractivity contribution in [3.63, 3.8) is 0 Å². The van der Waals surface area contributed by atoms with E-state index >= 15 is 0 Å². The minimum absolute atomic E-state index is 0.0248. The molecule has 152 valence electrons. The highest BCUT2D eigenvalue weighted by Crippen LogP contribution is 2.52. The summed E-state index contributed by atoms with van der Waals surface area (Å²) in [7, 11) is 0. The van der Waals surface area contributed by atoms with Crippen LogP contribution in [0.3, 0.4) is 0 Å². The van der Waals surface area contributed by atoms with E-state index in [0.717, 1.165) is 30.5 Å². The van der Waals surface area contributed by atoms with Crippen LogP contribution in [0.5, 0.6) is 34.5 Å². The van der Waals surface area contributed by atoms with Gasteiger partial charge in [0, 0.05) is 29.8 Å². The number of furan rings is 1. The summed E-state index contributed by atoms with van der Waals surface area (Å²) < 4.78 is 15.9. The van der Waals surface area contributed by atoms with Gasteiger partial charge in [0.1, 0.15) is 56.6 Å². The normalized spacial score (nSPS) is 14.9. The van der Waals surface area contributed by atoms with Gasteiger partial charge in [-0.1, -0.05) is 0 Å². The Bertz CT molecular complexity index is 1410. The van der Waals surface area contributed by atoms with Gasteiger partial charge in [-0.3, -0.25) is 0 Å².